The standard InChI is InChI=1S/C21H24BrClN2O2/c1-21(2,13-26)25-11-18(14-3-5-15(22)6-4-14)19(12-25)20(27)24-17-9-7-16(23)8-10-17/h3-10,18-19,26H,11-13H2,1-2H3,(H,24,27). The molecule has 2 unspecified atom stereocenters. The van der Waals surface area contributed by atoms with Gasteiger partial charge in [0, 0.05) is 39.7 Å². The van der Waals surface area contributed by atoms with Gasteiger partial charge < -0.3 is 10.4 Å². The summed E-state index contributed by atoms with van der Waals surface area (Å²) in [6, 6.07) is 15.3. The first kappa shape index (κ1) is 20.3. The zero-order valence-electron chi connectivity index (χ0n) is 15.5. The molecule has 0 bridgehead atoms. The van der Waals surface area contributed by atoms with Crippen molar-refractivity contribution in [2.45, 2.75) is 25.3 Å². The molecule has 27 heavy (non-hydrogen) atoms. The summed E-state index contributed by atoms with van der Waals surface area (Å²) in [5.41, 5.74) is 1.49. The number of nitrogens with one attached hydrogen (secondary N) is 1. The van der Waals surface area contributed by atoms with Crippen molar-refractivity contribution in [1.29, 1.82) is 0 Å². The molecular formula is C21H24BrClN2O2. The number of hydrogen-bond donors (Lipinski definition) is 2. The third kappa shape index (κ3) is 4.72. The van der Waals surface area contributed by atoms with Gasteiger partial charge in [0.1, 0.15) is 0 Å². The van der Waals surface area contributed by atoms with Crippen LogP contribution in [0.5, 0.6) is 0 Å². The molecule has 6 heteroatoms. The van der Waals surface area contributed by atoms with Crippen LogP contribution < -0.4 is 5.32 Å². The molecule has 1 amide bonds. The zero-order valence-corrected chi connectivity index (χ0v) is 17.8. The number of carbonyl (C=O) groups is 1. The van der Waals surface area contributed by atoms with Crippen LogP contribution in [0.4, 0.5) is 5.69 Å². The molecule has 3 rings (SSSR count). The molecule has 0 spiro atoms. The minimum atomic E-state index is -0.372. The van der Waals surface area contributed by atoms with Crippen LogP contribution in [-0.2, 0) is 4.79 Å². The number of aliphatic hydroxyl groups excluding tert-OH is 1. The van der Waals surface area contributed by atoms with E-state index in [2.05, 4.69) is 38.3 Å². The first-order chi connectivity index (χ1) is 12.8. The maximum absolute atomic E-state index is 13.1. The fraction of sp³-hybridized carbons (Fsp3) is 0.381. The lowest BCUT2D eigenvalue weighted by atomic mass is 9.88. The maximum Gasteiger partial charge on any atom is 0.229 e. The topological polar surface area (TPSA) is 52.6 Å². The number of benzene rings is 2. The van der Waals surface area contributed by atoms with Gasteiger partial charge in [0.2, 0.25) is 5.91 Å². The van der Waals surface area contributed by atoms with E-state index in [-0.39, 0.29) is 29.9 Å². The molecule has 1 aliphatic heterocycles. The normalized spacial score (nSPS) is 20.6. The fourth-order valence-electron chi connectivity index (χ4n) is 3.48. The van der Waals surface area contributed by atoms with Gasteiger partial charge in [-0.25, -0.2) is 0 Å². The zero-order chi connectivity index (χ0) is 19.6. The molecule has 0 saturated carbocycles. The van der Waals surface area contributed by atoms with Crippen LogP contribution in [0.15, 0.2) is 53.0 Å². The second kappa shape index (κ2) is 8.31. The van der Waals surface area contributed by atoms with Crippen molar-refractivity contribution in [3.8, 4) is 0 Å². The number of aliphatic hydroxyl groups is 1. The average Bonchev–Trinajstić information content (AvgIpc) is 3.10. The Morgan fingerprint density at radius 2 is 1.81 bits per heavy atom. The molecule has 0 aliphatic carbocycles. The maximum atomic E-state index is 13.1. The second-order valence-electron chi connectivity index (χ2n) is 7.64. The summed E-state index contributed by atoms with van der Waals surface area (Å²) in [6.45, 7) is 5.39. The predicted molar refractivity (Wildman–Crippen MR) is 113 cm³/mol. The summed E-state index contributed by atoms with van der Waals surface area (Å²) in [7, 11) is 0. The monoisotopic (exact) mass is 450 g/mol. The van der Waals surface area contributed by atoms with Gasteiger partial charge in [0.15, 0.2) is 0 Å². The second-order valence-corrected chi connectivity index (χ2v) is 8.99. The minimum absolute atomic E-state index is 0.0125. The lowest BCUT2D eigenvalue weighted by Gasteiger charge is -2.33. The van der Waals surface area contributed by atoms with Crippen LogP contribution in [0.2, 0.25) is 5.02 Å². The Morgan fingerprint density at radius 1 is 1.19 bits per heavy atom. The van der Waals surface area contributed by atoms with Crippen molar-refractivity contribution in [2.75, 3.05) is 25.0 Å². The molecule has 144 valence electrons. The summed E-state index contributed by atoms with van der Waals surface area (Å²) in [5, 5.41) is 13.4. The van der Waals surface area contributed by atoms with E-state index in [1.807, 2.05) is 26.0 Å². The first-order valence-corrected chi connectivity index (χ1v) is 10.1. The van der Waals surface area contributed by atoms with E-state index in [1.54, 1.807) is 24.3 Å². The van der Waals surface area contributed by atoms with Crippen molar-refractivity contribution < 1.29 is 9.90 Å². The van der Waals surface area contributed by atoms with Crippen LogP contribution in [0, 0.1) is 5.92 Å². The van der Waals surface area contributed by atoms with Crippen LogP contribution in [0.3, 0.4) is 0 Å². The Kier molecular flexibility index (Phi) is 6.26. The molecule has 1 fully saturated rings. The molecule has 1 heterocycles. The molecule has 0 aromatic heterocycles. The molecule has 2 aromatic rings. The molecule has 2 aromatic carbocycles. The van der Waals surface area contributed by atoms with Crippen LogP contribution in [-0.4, -0.2) is 41.1 Å². The number of rotatable bonds is 5. The molecule has 2 atom stereocenters. The largest absolute Gasteiger partial charge is 0.394 e. The van der Waals surface area contributed by atoms with Gasteiger partial charge in [-0.2, -0.15) is 0 Å². The van der Waals surface area contributed by atoms with Crippen LogP contribution in [0.1, 0.15) is 25.3 Å². The van der Waals surface area contributed by atoms with Crippen LogP contribution in [0.25, 0.3) is 0 Å². The van der Waals surface area contributed by atoms with E-state index < -0.39 is 0 Å². The summed E-state index contributed by atoms with van der Waals surface area (Å²) in [4.78, 5) is 15.3. The highest BCUT2D eigenvalue weighted by atomic mass is 79.9. The van der Waals surface area contributed by atoms with Crippen molar-refractivity contribution in [2.24, 2.45) is 5.92 Å². The Labute approximate surface area is 173 Å². The third-order valence-electron chi connectivity index (χ3n) is 5.31. The molecule has 1 saturated heterocycles. The van der Waals surface area contributed by atoms with Gasteiger partial charge in [-0.15, -0.1) is 0 Å². The number of amides is 1. The van der Waals surface area contributed by atoms with Gasteiger partial charge in [-0.05, 0) is 55.8 Å². The quantitative estimate of drug-likeness (QED) is 0.702. The number of carbonyl (C=O) groups excluding carboxylic acids is 1. The van der Waals surface area contributed by atoms with E-state index in [1.165, 1.54) is 0 Å². The molecule has 1 aliphatic rings. The highest BCUT2D eigenvalue weighted by Gasteiger charge is 2.43. The van der Waals surface area contributed by atoms with Crippen molar-refractivity contribution in [3.63, 3.8) is 0 Å². The Hall–Kier alpha value is -1.40. The molecule has 2 N–H and O–H groups in total. The average molecular weight is 452 g/mol. The molecule has 4 nitrogen and oxygen atoms in total. The number of halogens is 2. The lowest BCUT2D eigenvalue weighted by Crippen LogP contribution is -2.46. The van der Waals surface area contributed by atoms with Crippen molar-refractivity contribution in [1.82, 2.24) is 4.90 Å². The van der Waals surface area contributed by atoms with E-state index in [0.717, 1.165) is 22.3 Å². The smallest absolute Gasteiger partial charge is 0.229 e. The third-order valence-corrected chi connectivity index (χ3v) is 6.09. The number of hydrogen-bond acceptors (Lipinski definition) is 3. The predicted octanol–water partition coefficient (Wildman–Crippen LogP) is 4.53. The first-order valence-electron chi connectivity index (χ1n) is 8.98. The Morgan fingerprint density at radius 3 is 2.41 bits per heavy atom. The fourth-order valence-corrected chi connectivity index (χ4v) is 3.87. The van der Waals surface area contributed by atoms with Crippen LogP contribution >= 0.6 is 27.5 Å². The Bertz CT molecular complexity index is 793. The molecule has 0 radical (unpaired) electrons. The molecular weight excluding hydrogens is 428 g/mol. The van der Waals surface area contributed by atoms with E-state index >= 15 is 0 Å². The van der Waals surface area contributed by atoms with Gasteiger partial charge in [0.25, 0.3) is 0 Å². The number of nitrogens with zero attached hydrogens (tertiary/aromatic N) is 1. The summed E-state index contributed by atoms with van der Waals surface area (Å²) >= 11 is 9.40. The summed E-state index contributed by atoms with van der Waals surface area (Å²) in [5.74, 6) is -0.148. The summed E-state index contributed by atoms with van der Waals surface area (Å²) in [6.07, 6.45) is 0. The SMILES string of the molecule is CC(C)(CO)N1CC(C(=O)Nc2ccc(Cl)cc2)C(c2ccc(Br)cc2)C1. The van der Waals surface area contributed by atoms with Crippen molar-refractivity contribution in [3.05, 3.63) is 63.6 Å². The van der Waals surface area contributed by atoms with E-state index in [9.17, 15) is 9.90 Å². The van der Waals surface area contributed by atoms with Gasteiger partial charge in [-0.1, -0.05) is 39.7 Å². The number of anilines is 1. The van der Waals surface area contributed by atoms with E-state index in [0.29, 0.717) is 11.6 Å². The lowest BCUT2D eigenvalue weighted by molar-refractivity contribution is -0.120. The highest BCUT2D eigenvalue weighted by molar-refractivity contribution is 9.10. The minimum Gasteiger partial charge on any atom is -0.394 e. The van der Waals surface area contributed by atoms with Gasteiger partial charge in [-0.3, -0.25) is 9.69 Å². The summed E-state index contributed by atoms with van der Waals surface area (Å²) < 4.78 is 1.01. The Balaban J connectivity index is 1.85. The van der Waals surface area contributed by atoms with Crippen molar-refractivity contribution >= 4 is 39.1 Å². The van der Waals surface area contributed by atoms with Gasteiger partial charge >= 0.3 is 0 Å². The number of likely N-dealkylation sites (tertiary alicyclic amines) is 1. The van der Waals surface area contributed by atoms with E-state index in [4.69, 9.17) is 11.6 Å². The highest BCUT2D eigenvalue weighted by Crippen LogP contribution is 2.37. The van der Waals surface area contributed by atoms with Gasteiger partial charge in [0.05, 0.1) is 12.5 Å².